The third-order valence-corrected chi connectivity index (χ3v) is 5.21. The van der Waals surface area contributed by atoms with Crippen LogP contribution in [0.3, 0.4) is 0 Å². The number of rotatable bonds is 8. The predicted octanol–water partition coefficient (Wildman–Crippen LogP) is 4.73. The van der Waals surface area contributed by atoms with Gasteiger partial charge in [0, 0.05) is 17.2 Å². The fraction of sp³-hybridized carbons (Fsp3) is 0.227. The Bertz CT molecular complexity index is 1100. The van der Waals surface area contributed by atoms with Crippen LogP contribution in [0.25, 0.3) is 6.08 Å². The van der Waals surface area contributed by atoms with Gasteiger partial charge in [-0.3, -0.25) is 14.4 Å². The minimum Gasteiger partial charge on any atom is -0.488 e. The highest BCUT2D eigenvalue weighted by Crippen LogP contribution is 2.36. The first kappa shape index (κ1) is 22.7. The number of benzene rings is 1. The molecule has 2 aromatic rings. The molecule has 7 nitrogen and oxygen atoms in total. The van der Waals surface area contributed by atoms with Gasteiger partial charge in [-0.25, -0.2) is 0 Å². The summed E-state index contributed by atoms with van der Waals surface area (Å²) in [4.78, 5) is 36.1. The lowest BCUT2D eigenvalue weighted by atomic mass is 9.82. The molecule has 9 heteroatoms. The molecule has 1 saturated carbocycles. The van der Waals surface area contributed by atoms with E-state index in [0.717, 1.165) is 6.07 Å². The fourth-order valence-electron chi connectivity index (χ4n) is 3.03. The van der Waals surface area contributed by atoms with E-state index in [9.17, 15) is 14.4 Å². The molecule has 2 N–H and O–H groups in total. The van der Waals surface area contributed by atoms with Crippen molar-refractivity contribution >= 4 is 46.8 Å². The molecule has 0 atom stereocenters. The smallest absolute Gasteiger partial charge is 0.306 e. The molecule has 1 heterocycles. The zero-order chi connectivity index (χ0) is 22.5. The number of anilines is 1. The molecule has 3 rings (SSSR count). The summed E-state index contributed by atoms with van der Waals surface area (Å²) in [6, 6.07) is 5.71. The lowest BCUT2D eigenvalue weighted by molar-refractivity contribution is -0.147. The Morgan fingerprint density at radius 3 is 2.71 bits per heavy atom. The van der Waals surface area contributed by atoms with Gasteiger partial charge in [-0.2, -0.15) is 0 Å². The number of hydrogen-bond acceptors (Lipinski definition) is 5. The van der Waals surface area contributed by atoms with Crippen LogP contribution in [-0.4, -0.2) is 23.1 Å². The quantitative estimate of drug-likeness (QED) is 0.433. The van der Waals surface area contributed by atoms with Crippen molar-refractivity contribution in [1.82, 2.24) is 0 Å². The number of allylic oxidation sites excluding steroid dienone is 2. The van der Waals surface area contributed by atoms with Crippen LogP contribution >= 0.6 is 23.2 Å². The van der Waals surface area contributed by atoms with Gasteiger partial charge in [0.2, 0.25) is 0 Å². The lowest BCUT2D eigenvalue weighted by Crippen LogP contribution is -2.38. The maximum atomic E-state index is 12.7. The second kappa shape index (κ2) is 9.85. The first-order valence-electron chi connectivity index (χ1n) is 9.34. The number of carbonyl (C=O) groups excluding carboxylic acids is 1. The average Bonchev–Trinajstić information content (AvgIpc) is 2.70. The monoisotopic (exact) mass is 463 g/mol. The minimum absolute atomic E-state index is 0.102. The van der Waals surface area contributed by atoms with Gasteiger partial charge in [0.15, 0.2) is 11.2 Å². The van der Waals surface area contributed by atoms with Crippen LogP contribution in [0.2, 0.25) is 5.02 Å². The van der Waals surface area contributed by atoms with E-state index < -0.39 is 23.2 Å². The average molecular weight is 464 g/mol. The van der Waals surface area contributed by atoms with E-state index in [4.69, 9.17) is 37.5 Å². The number of carboxylic acids is 1. The Kier molecular flexibility index (Phi) is 7.20. The van der Waals surface area contributed by atoms with Gasteiger partial charge in [0.1, 0.15) is 17.6 Å². The van der Waals surface area contributed by atoms with Gasteiger partial charge in [-0.1, -0.05) is 30.3 Å². The zero-order valence-electron chi connectivity index (χ0n) is 16.3. The molecule has 0 bridgehead atoms. The number of nitrogens with one attached hydrogen (secondary N) is 1. The van der Waals surface area contributed by atoms with Crippen molar-refractivity contribution in [3.8, 4) is 5.75 Å². The third kappa shape index (κ3) is 5.37. The molecule has 1 aliphatic carbocycles. The Morgan fingerprint density at radius 1 is 1.32 bits per heavy atom. The van der Waals surface area contributed by atoms with Crippen molar-refractivity contribution < 1.29 is 23.8 Å². The predicted molar refractivity (Wildman–Crippen MR) is 118 cm³/mol. The van der Waals surface area contributed by atoms with Gasteiger partial charge >= 0.3 is 5.97 Å². The van der Waals surface area contributed by atoms with Crippen molar-refractivity contribution in [3.63, 3.8) is 0 Å². The summed E-state index contributed by atoms with van der Waals surface area (Å²) < 4.78 is 11.3. The molecule has 0 saturated heterocycles. The van der Waals surface area contributed by atoms with E-state index in [2.05, 4.69) is 11.9 Å². The molecule has 0 radical (unpaired) electrons. The molecule has 0 spiro atoms. The van der Waals surface area contributed by atoms with Crippen molar-refractivity contribution in [2.75, 3.05) is 5.32 Å². The number of alkyl halides is 1. The number of carbonyl (C=O) groups is 2. The first-order valence-corrected chi connectivity index (χ1v) is 10.3. The summed E-state index contributed by atoms with van der Waals surface area (Å²) >= 11 is 11.9. The van der Waals surface area contributed by atoms with Crippen LogP contribution < -0.4 is 15.5 Å². The molecule has 1 aromatic heterocycles. The van der Waals surface area contributed by atoms with Crippen LogP contribution in [-0.2, 0) is 10.7 Å². The molecule has 31 heavy (non-hydrogen) atoms. The van der Waals surface area contributed by atoms with Crippen LogP contribution in [0, 0.1) is 5.92 Å². The minimum atomic E-state index is -0.865. The topological polar surface area (TPSA) is 106 Å². The molecular formula is C22H19Cl2NO6. The highest BCUT2D eigenvalue weighted by atomic mass is 35.5. The second-order valence-corrected chi connectivity index (χ2v) is 7.58. The van der Waals surface area contributed by atoms with Crippen LogP contribution in [0.4, 0.5) is 5.69 Å². The van der Waals surface area contributed by atoms with Gasteiger partial charge in [-0.15, -0.1) is 11.6 Å². The van der Waals surface area contributed by atoms with Crippen molar-refractivity contribution in [1.29, 1.82) is 0 Å². The molecule has 0 unspecified atom stereocenters. The number of hydrogen-bond donors (Lipinski definition) is 2. The van der Waals surface area contributed by atoms with Crippen LogP contribution in [0.15, 0.2) is 52.2 Å². The summed E-state index contributed by atoms with van der Waals surface area (Å²) in [6.07, 6.45) is 5.00. The highest BCUT2D eigenvalue weighted by Gasteiger charge is 2.36. The second-order valence-electron chi connectivity index (χ2n) is 6.88. The highest BCUT2D eigenvalue weighted by molar-refractivity contribution is 6.30. The molecule has 1 aromatic carbocycles. The fourth-order valence-corrected chi connectivity index (χ4v) is 3.39. The summed E-state index contributed by atoms with van der Waals surface area (Å²) in [5.41, 5.74) is 0.116. The summed E-state index contributed by atoms with van der Waals surface area (Å²) in [7, 11) is 0. The largest absolute Gasteiger partial charge is 0.488 e. The van der Waals surface area contributed by atoms with E-state index in [0.29, 0.717) is 29.3 Å². The molecule has 1 fully saturated rings. The first-order chi connectivity index (χ1) is 14.8. The van der Waals surface area contributed by atoms with E-state index in [1.54, 1.807) is 18.2 Å². The Balaban J connectivity index is 1.81. The molecule has 1 aliphatic rings. The van der Waals surface area contributed by atoms with E-state index in [-0.39, 0.29) is 29.1 Å². The van der Waals surface area contributed by atoms with Gasteiger partial charge < -0.3 is 19.6 Å². The van der Waals surface area contributed by atoms with E-state index >= 15 is 0 Å². The maximum absolute atomic E-state index is 12.7. The number of amides is 1. The number of carboxylic acid groups (broad SMARTS) is 1. The zero-order valence-corrected chi connectivity index (χ0v) is 17.8. The Hall–Kier alpha value is -3.03. The standard InChI is InChI=1S/C22H19Cl2NO6/c1-2-3-4-15-17(26)10-19(31-20(15)11-23)21(27)25-16-6-5-13(24)9-18(16)30-14-7-12(8-14)22(28)29/h2-6,9-10,12,14H,1,7-8,11H2,(H,25,27)(H,28,29)/b4-3-. The maximum Gasteiger partial charge on any atom is 0.306 e. The van der Waals surface area contributed by atoms with Crippen LogP contribution in [0.5, 0.6) is 5.75 Å². The third-order valence-electron chi connectivity index (χ3n) is 4.73. The van der Waals surface area contributed by atoms with E-state index in [1.165, 1.54) is 18.2 Å². The number of aliphatic carboxylic acids is 1. The van der Waals surface area contributed by atoms with Crippen molar-refractivity contribution in [2.45, 2.75) is 24.8 Å². The van der Waals surface area contributed by atoms with E-state index in [1.807, 2.05) is 0 Å². The molecule has 162 valence electrons. The van der Waals surface area contributed by atoms with Gasteiger partial charge in [0.25, 0.3) is 5.91 Å². The normalized spacial score (nSPS) is 17.7. The SMILES string of the molecule is C=C/C=C\c1c(CCl)oc(C(=O)Nc2ccc(Cl)cc2OC2CC(C(=O)O)C2)cc1=O. The molecule has 1 amide bonds. The number of halogens is 2. The van der Waals surface area contributed by atoms with Crippen molar-refractivity contribution in [2.24, 2.45) is 5.92 Å². The Morgan fingerprint density at radius 2 is 2.06 bits per heavy atom. The van der Waals surface area contributed by atoms with Gasteiger partial charge in [-0.05, 0) is 31.1 Å². The number of ether oxygens (including phenoxy) is 1. The summed E-state index contributed by atoms with van der Waals surface area (Å²) in [5, 5.41) is 12.0. The molecular weight excluding hydrogens is 445 g/mol. The summed E-state index contributed by atoms with van der Waals surface area (Å²) in [6.45, 7) is 3.54. The molecule has 0 aliphatic heterocycles. The van der Waals surface area contributed by atoms with Crippen molar-refractivity contribution in [3.05, 3.63) is 75.3 Å². The Labute approximate surface area is 187 Å². The summed E-state index contributed by atoms with van der Waals surface area (Å²) in [5.74, 6) is -1.86. The van der Waals surface area contributed by atoms with Crippen LogP contribution in [0.1, 0.15) is 34.7 Å². The van der Waals surface area contributed by atoms with Gasteiger partial charge in [0.05, 0.1) is 23.0 Å². The lowest BCUT2D eigenvalue weighted by Gasteiger charge is -2.33.